The molecule has 0 radical (unpaired) electrons. The third-order valence-electron chi connectivity index (χ3n) is 2.26. The van der Waals surface area contributed by atoms with Crippen molar-refractivity contribution in [2.45, 2.75) is 13.0 Å². The molecule has 1 amide bonds. The van der Waals surface area contributed by atoms with E-state index in [0.717, 1.165) is 11.3 Å². The molecule has 1 atom stereocenters. The second kappa shape index (κ2) is 6.12. The normalized spacial score (nSPS) is 11.9. The SMILES string of the molecule is COCC(=O)N[C@@H](C)c1ccccc1OC. The van der Waals surface area contributed by atoms with Gasteiger partial charge < -0.3 is 14.8 Å². The lowest BCUT2D eigenvalue weighted by molar-refractivity contribution is -0.125. The van der Waals surface area contributed by atoms with Crippen molar-refractivity contribution in [3.8, 4) is 5.75 Å². The van der Waals surface area contributed by atoms with E-state index in [-0.39, 0.29) is 18.6 Å². The molecule has 4 heteroatoms. The minimum absolute atomic E-state index is 0.0689. The van der Waals surface area contributed by atoms with Gasteiger partial charge in [0.2, 0.25) is 5.91 Å². The van der Waals surface area contributed by atoms with Gasteiger partial charge in [-0.25, -0.2) is 0 Å². The van der Waals surface area contributed by atoms with Gasteiger partial charge in [0.1, 0.15) is 12.4 Å². The highest BCUT2D eigenvalue weighted by atomic mass is 16.5. The molecule has 1 aromatic carbocycles. The fraction of sp³-hybridized carbons (Fsp3) is 0.417. The summed E-state index contributed by atoms with van der Waals surface area (Å²) in [5.74, 6) is 0.633. The molecule has 0 aromatic heterocycles. The van der Waals surface area contributed by atoms with E-state index in [2.05, 4.69) is 5.32 Å². The van der Waals surface area contributed by atoms with Crippen LogP contribution in [0.25, 0.3) is 0 Å². The Hall–Kier alpha value is -1.55. The van der Waals surface area contributed by atoms with E-state index >= 15 is 0 Å². The Morgan fingerprint density at radius 3 is 2.69 bits per heavy atom. The van der Waals surface area contributed by atoms with E-state index in [9.17, 15) is 4.79 Å². The number of hydrogen-bond donors (Lipinski definition) is 1. The highest BCUT2D eigenvalue weighted by molar-refractivity contribution is 5.77. The van der Waals surface area contributed by atoms with Crippen LogP contribution in [0.5, 0.6) is 5.75 Å². The minimum atomic E-state index is -0.138. The van der Waals surface area contributed by atoms with Crippen molar-refractivity contribution in [3.63, 3.8) is 0 Å². The van der Waals surface area contributed by atoms with Gasteiger partial charge >= 0.3 is 0 Å². The lowest BCUT2D eigenvalue weighted by Crippen LogP contribution is -2.29. The molecule has 1 rings (SSSR count). The summed E-state index contributed by atoms with van der Waals surface area (Å²) in [6, 6.07) is 7.51. The number of nitrogens with one attached hydrogen (secondary N) is 1. The lowest BCUT2D eigenvalue weighted by atomic mass is 10.1. The number of rotatable bonds is 5. The number of hydrogen-bond acceptors (Lipinski definition) is 3. The zero-order valence-electron chi connectivity index (χ0n) is 9.82. The Morgan fingerprint density at radius 1 is 1.38 bits per heavy atom. The first-order valence-electron chi connectivity index (χ1n) is 5.10. The van der Waals surface area contributed by atoms with Gasteiger partial charge in [-0.2, -0.15) is 0 Å². The van der Waals surface area contributed by atoms with Gasteiger partial charge in [-0.1, -0.05) is 18.2 Å². The van der Waals surface area contributed by atoms with Crippen molar-refractivity contribution < 1.29 is 14.3 Å². The van der Waals surface area contributed by atoms with Crippen LogP contribution >= 0.6 is 0 Å². The van der Waals surface area contributed by atoms with Gasteiger partial charge in [0, 0.05) is 12.7 Å². The molecular formula is C12H17NO3. The molecule has 0 unspecified atom stereocenters. The predicted octanol–water partition coefficient (Wildman–Crippen LogP) is 1.52. The molecule has 1 aromatic rings. The Bertz CT molecular complexity index is 352. The molecule has 0 aliphatic rings. The summed E-state index contributed by atoms with van der Waals surface area (Å²) in [5, 5.41) is 2.83. The first kappa shape index (κ1) is 12.5. The molecule has 88 valence electrons. The van der Waals surface area contributed by atoms with E-state index in [1.54, 1.807) is 7.11 Å². The lowest BCUT2D eigenvalue weighted by Gasteiger charge is -2.16. The summed E-state index contributed by atoms with van der Waals surface area (Å²) >= 11 is 0. The molecule has 4 nitrogen and oxygen atoms in total. The molecule has 0 saturated heterocycles. The fourth-order valence-corrected chi connectivity index (χ4v) is 1.52. The topological polar surface area (TPSA) is 47.6 Å². The average Bonchev–Trinajstić information content (AvgIpc) is 2.29. The van der Waals surface area contributed by atoms with Crippen molar-refractivity contribution in [1.82, 2.24) is 5.32 Å². The maximum Gasteiger partial charge on any atom is 0.246 e. The summed E-state index contributed by atoms with van der Waals surface area (Å²) in [7, 11) is 3.11. The molecule has 0 aliphatic heterocycles. The van der Waals surface area contributed by atoms with Crippen LogP contribution in [0.3, 0.4) is 0 Å². The Labute approximate surface area is 95.6 Å². The van der Waals surface area contributed by atoms with E-state index in [1.165, 1.54) is 7.11 Å². The average molecular weight is 223 g/mol. The zero-order chi connectivity index (χ0) is 12.0. The number of ether oxygens (including phenoxy) is 2. The second-order valence-corrected chi connectivity index (χ2v) is 3.46. The zero-order valence-corrected chi connectivity index (χ0v) is 9.82. The van der Waals surface area contributed by atoms with Crippen LogP contribution in [-0.2, 0) is 9.53 Å². The largest absolute Gasteiger partial charge is 0.496 e. The molecule has 0 fully saturated rings. The maximum absolute atomic E-state index is 11.3. The van der Waals surface area contributed by atoms with Gasteiger partial charge in [-0.05, 0) is 13.0 Å². The monoisotopic (exact) mass is 223 g/mol. The number of para-hydroxylation sites is 1. The van der Waals surface area contributed by atoms with E-state index in [4.69, 9.17) is 9.47 Å². The number of amides is 1. The van der Waals surface area contributed by atoms with Crippen molar-refractivity contribution >= 4 is 5.91 Å². The number of carbonyl (C=O) groups is 1. The molecular weight excluding hydrogens is 206 g/mol. The molecule has 16 heavy (non-hydrogen) atoms. The molecule has 1 N–H and O–H groups in total. The molecule has 0 saturated carbocycles. The smallest absolute Gasteiger partial charge is 0.246 e. The van der Waals surface area contributed by atoms with Crippen molar-refractivity contribution in [3.05, 3.63) is 29.8 Å². The van der Waals surface area contributed by atoms with E-state index in [0.29, 0.717) is 0 Å². The summed E-state index contributed by atoms with van der Waals surface area (Å²) < 4.78 is 9.98. The van der Waals surface area contributed by atoms with Gasteiger partial charge in [0.05, 0.1) is 13.2 Å². The van der Waals surface area contributed by atoms with Crippen LogP contribution < -0.4 is 10.1 Å². The van der Waals surface area contributed by atoms with Crippen LogP contribution in [0.15, 0.2) is 24.3 Å². The van der Waals surface area contributed by atoms with Crippen LogP contribution in [0.1, 0.15) is 18.5 Å². The highest BCUT2D eigenvalue weighted by Crippen LogP contribution is 2.23. The van der Waals surface area contributed by atoms with Crippen LogP contribution in [0.4, 0.5) is 0 Å². The number of carbonyl (C=O) groups excluding carboxylic acids is 1. The van der Waals surface area contributed by atoms with E-state index < -0.39 is 0 Å². The fourth-order valence-electron chi connectivity index (χ4n) is 1.52. The third-order valence-corrected chi connectivity index (χ3v) is 2.26. The summed E-state index contributed by atoms with van der Waals surface area (Å²) in [6.07, 6.45) is 0. The molecule has 0 bridgehead atoms. The Morgan fingerprint density at radius 2 is 2.06 bits per heavy atom. The van der Waals surface area contributed by atoms with Crippen LogP contribution in [0, 0.1) is 0 Å². The summed E-state index contributed by atoms with van der Waals surface area (Å²) in [6.45, 7) is 1.98. The molecule has 0 heterocycles. The molecule has 0 spiro atoms. The summed E-state index contributed by atoms with van der Waals surface area (Å²) in [5.41, 5.74) is 0.953. The first-order valence-corrected chi connectivity index (χ1v) is 5.10. The van der Waals surface area contributed by atoms with Gasteiger partial charge in [-0.15, -0.1) is 0 Å². The predicted molar refractivity (Wildman–Crippen MR) is 61.4 cm³/mol. The van der Waals surface area contributed by atoms with Crippen LogP contribution in [-0.4, -0.2) is 26.7 Å². The van der Waals surface area contributed by atoms with Gasteiger partial charge in [0.15, 0.2) is 0 Å². The summed E-state index contributed by atoms with van der Waals surface area (Å²) in [4.78, 5) is 11.3. The van der Waals surface area contributed by atoms with Crippen molar-refractivity contribution in [2.24, 2.45) is 0 Å². The van der Waals surface area contributed by atoms with E-state index in [1.807, 2.05) is 31.2 Å². The van der Waals surface area contributed by atoms with Crippen LogP contribution in [0.2, 0.25) is 0 Å². The van der Waals surface area contributed by atoms with Gasteiger partial charge in [0.25, 0.3) is 0 Å². The minimum Gasteiger partial charge on any atom is -0.496 e. The Kier molecular flexibility index (Phi) is 4.79. The van der Waals surface area contributed by atoms with Crippen molar-refractivity contribution in [2.75, 3.05) is 20.8 Å². The number of benzene rings is 1. The first-order chi connectivity index (χ1) is 7.69. The molecule has 0 aliphatic carbocycles. The van der Waals surface area contributed by atoms with Gasteiger partial charge in [-0.3, -0.25) is 4.79 Å². The second-order valence-electron chi connectivity index (χ2n) is 3.46. The number of methoxy groups -OCH3 is 2. The maximum atomic E-state index is 11.3. The quantitative estimate of drug-likeness (QED) is 0.823. The van der Waals surface area contributed by atoms with Crippen molar-refractivity contribution in [1.29, 1.82) is 0 Å². The third kappa shape index (κ3) is 3.24. The Balaban J connectivity index is 2.72. The highest BCUT2D eigenvalue weighted by Gasteiger charge is 2.12. The standard InChI is InChI=1S/C12H17NO3/c1-9(13-12(14)8-15-2)10-6-4-5-7-11(10)16-3/h4-7,9H,8H2,1-3H3,(H,13,14)/t9-/m0/s1.